The molecule has 4 heteroatoms. The van der Waals surface area contributed by atoms with E-state index in [1.807, 2.05) is 0 Å². The van der Waals surface area contributed by atoms with Crippen LogP contribution in [0.25, 0.3) is 65.7 Å². The van der Waals surface area contributed by atoms with Crippen molar-refractivity contribution in [3.05, 3.63) is 72.8 Å². The summed E-state index contributed by atoms with van der Waals surface area (Å²) in [6, 6.07) is 25.9. The quantitative estimate of drug-likeness (QED) is 0.284. The number of benzene rings is 4. The maximum atomic E-state index is 5.21. The van der Waals surface area contributed by atoms with Gasteiger partial charge in [-0.05, 0) is 50.2 Å². The van der Waals surface area contributed by atoms with E-state index in [1.54, 1.807) is 0 Å². The van der Waals surface area contributed by atoms with Crippen molar-refractivity contribution >= 4 is 65.7 Å². The fourth-order valence-corrected chi connectivity index (χ4v) is 5.55. The Bertz CT molecular complexity index is 1710. The molecule has 0 spiro atoms. The second kappa shape index (κ2) is 6.30. The Kier molecular flexibility index (Phi) is 3.49. The highest BCUT2D eigenvalue weighted by Gasteiger charge is 2.17. The van der Waals surface area contributed by atoms with Crippen LogP contribution in [0.2, 0.25) is 0 Å². The fraction of sp³-hybridized carbons (Fsp3) is 0.143. The molecule has 3 heterocycles. The lowest BCUT2D eigenvalue weighted by Crippen LogP contribution is -1.94. The Morgan fingerprint density at radius 1 is 0.531 bits per heavy atom. The summed E-state index contributed by atoms with van der Waals surface area (Å²) < 4.78 is 4.74. The van der Waals surface area contributed by atoms with Crippen LogP contribution in [0.1, 0.15) is 13.8 Å². The smallest absolute Gasteiger partial charge is 0.0994 e. The predicted molar refractivity (Wildman–Crippen MR) is 134 cm³/mol. The molecule has 0 atom stereocenters. The number of rotatable bonds is 2. The third kappa shape index (κ3) is 2.11. The van der Waals surface area contributed by atoms with E-state index in [0.29, 0.717) is 0 Å². The molecule has 0 aliphatic rings. The third-order valence-electron chi connectivity index (χ3n) is 6.88. The lowest BCUT2D eigenvalue weighted by molar-refractivity contribution is 0.827. The molecule has 0 bridgehead atoms. The van der Waals surface area contributed by atoms with Crippen molar-refractivity contribution in [2.75, 3.05) is 0 Å². The summed E-state index contributed by atoms with van der Waals surface area (Å²) in [6.07, 6.45) is 0. The zero-order valence-corrected chi connectivity index (χ0v) is 18.1. The Balaban J connectivity index is 1.69. The first-order chi connectivity index (χ1) is 15.8. The summed E-state index contributed by atoms with van der Waals surface area (Å²) in [5.41, 5.74) is 8.81. The monoisotopic (exact) mass is 414 g/mol. The Morgan fingerprint density at radius 2 is 0.969 bits per heavy atom. The van der Waals surface area contributed by atoms with Gasteiger partial charge in [0.25, 0.3) is 0 Å². The van der Waals surface area contributed by atoms with Crippen LogP contribution in [0.4, 0.5) is 0 Å². The van der Waals surface area contributed by atoms with E-state index in [9.17, 15) is 0 Å². The summed E-state index contributed by atoms with van der Waals surface area (Å²) in [7, 11) is 0. The van der Waals surface area contributed by atoms with Gasteiger partial charge in [-0.25, -0.2) is 9.97 Å². The summed E-state index contributed by atoms with van der Waals surface area (Å²) in [4.78, 5) is 10.4. The molecule has 0 aliphatic heterocycles. The van der Waals surface area contributed by atoms with Crippen LogP contribution in [0.5, 0.6) is 0 Å². The van der Waals surface area contributed by atoms with Gasteiger partial charge in [0.05, 0.1) is 33.1 Å². The lowest BCUT2D eigenvalue weighted by Gasteiger charge is -2.07. The standard InChI is InChI=1S/C28H22N4/c1-3-31-21-11-7-5-9-17(21)25-23(31)15-13-19-27(25)29-20-14-16-24-26(28(20)30-19)18-10-6-8-12-22(18)32(24)4-2/h5-16H,3-4H2,1-2H3. The topological polar surface area (TPSA) is 35.6 Å². The lowest BCUT2D eigenvalue weighted by atomic mass is 10.1. The number of para-hydroxylation sites is 2. The summed E-state index contributed by atoms with van der Waals surface area (Å²) >= 11 is 0. The molecule has 7 aromatic rings. The molecule has 7 rings (SSSR count). The third-order valence-corrected chi connectivity index (χ3v) is 6.88. The molecule has 0 saturated carbocycles. The fourth-order valence-electron chi connectivity index (χ4n) is 5.55. The van der Waals surface area contributed by atoms with Crippen LogP contribution >= 0.6 is 0 Å². The van der Waals surface area contributed by atoms with Gasteiger partial charge in [0.2, 0.25) is 0 Å². The van der Waals surface area contributed by atoms with Crippen molar-refractivity contribution in [2.45, 2.75) is 26.9 Å². The number of hydrogen-bond donors (Lipinski definition) is 0. The number of aromatic nitrogens is 4. The molecule has 4 aromatic carbocycles. The highest BCUT2D eigenvalue weighted by molar-refractivity contribution is 6.23. The summed E-state index contributed by atoms with van der Waals surface area (Å²) in [5.74, 6) is 0. The van der Waals surface area contributed by atoms with Gasteiger partial charge in [-0.1, -0.05) is 36.4 Å². The zero-order chi connectivity index (χ0) is 21.4. The average Bonchev–Trinajstić information content (AvgIpc) is 3.35. The van der Waals surface area contributed by atoms with Crippen LogP contribution in [0.3, 0.4) is 0 Å². The van der Waals surface area contributed by atoms with Gasteiger partial charge in [-0.2, -0.15) is 0 Å². The normalized spacial score (nSPS) is 12.3. The first-order valence-corrected chi connectivity index (χ1v) is 11.3. The van der Waals surface area contributed by atoms with Gasteiger partial charge in [0.1, 0.15) is 0 Å². The number of aryl methyl sites for hydroxylation is 2. The summed E-state index contributed by atoms with van der Waals surface area (Å²) in [6.45, 7) is 6.24. The van der Waals surface area contributed by atoms with Gasteiger partial charge >= 0.3 is 0 Å². The second-order valence-electron chi connectivity index (χ2n) is 8.40. The maximum absolute atomic E-state index is 5.21. The van der Waals surface area contributed by atoms with Gasteiger partial charge < -0.3 is 9.13 Å². The molecule has 0 fully saturated rings. The van der Waals surface area contributed by atoms with Crippen molar-refractivity contribution in [1.29, 1.82) is 0 Å². The SMILES string of the molecule is CCn1c2ccccc2c2c3nc4ccc5c(c6ccccc6n5CC)c4nc3ccc21. The first-order valence-electron chi connectivity index (χ1n) is 11.3. The maximum Gasteiger partial charge on any atom is 0.0994 e. The molecule has 4 nitrogen and oxygen atoms in total. The number of fused-ring (bicyclic) bond motifs is 10. The Labute approximate surface area is 184 Å². The van der Waals surface area contributed by atoms with Crippen LogP contribution in [-0.2, 0) is 13.1 Å². The van der Waals surface area contributed by atoms with Crippen molar-refractivity contribution in [2.24, 2.45) is 0 Å². The van der Waals surface area contributed by atoms with Gasteiger partial charge in [0.15, 0.2) is 0 Å². The van der Waals surface area contributed by atoms with E-state index in [4.69, 9.17) is 9.97 Å². The summed E-state index contributed by atoms with van der Waals surface area (Å²) in [5, 5.41) is 4.88. The molecule has 154 valence electrons. The molecule has 0 saturated heterocycles. The Hall–Kier alpha value is -3.92. The van der Waals surface area contributed by atoms with E-state index < -0.39 is 0 Å². The highest BCUT2D eigenvalue weighted by atomic mass is 15.0. The molecule has 0 aliphatic carbocycles. The van der Waals surface area contributed by atoms with Crippen molar-refractivity contribution in [1.82, 2.24) is 19.1 Å². The molecular weight excluding hydrogens is 392 g/mol. The van der Waals surface area contributed by atoms with Crippen molar-refractivity contribution in [3.63, 3.8) is 0 Å². The van der Waals surface area contributed by atoms with Crippen LogP contribution in [0.15, 0.2) is 72.8 Å². The van der Waals surface area contributed by atoms with Crippen LogP contribution in [0, 0.1) is 0 Å². The average molecular weight is 415 g/mol. The van der Waals surface area contributed by atoms with Crippen LogP contribution < -0.4 is 0 Å². The molecule has 32 heavy (non-hydrogen) atoms. The minimum Gasteiger partial charge on any atom is -0.341 e. The molecule has 0 radical (unpaired) electrons. The Morgan fingerprint density at radius 3 is 1.41 bits per heavy atom. The molecule has 0 amide bonds. The van der Waals surface area contributed by atoms with Gasteiger partial charge in [-0.3, -0.25) is 0 Å². The van der Waals surface area contributed by atoms with E-state index in [2.05, 4.69) is 95.8 Å². The molecular formula is C28H22N4. The van der Waals surface area contributed by atoms with Crippen molar-refractivity contribution < 1.29 is 0 Å². The van der Waals surface area contributed by atoms with E-state index in [1.165, 1.54) is 43.6 Å². The zero-order valence-electron chi connectivity index (χ0n) is 18.1. The van der Waals surface area contributed by atoms with Gasteiger partial charge in [0, 0.05) is 45.7 Å². The van der Waals surface area contributed by atoms with Crippen LogP contribution in [-0.4, -0.2) is 19.1 Å². The highest BCUT2D eigenvalue weighted by Crippen LogP contribution is 2.37. The molecule has 0 N–H and O–H groups in total. The first kappa shape index (κ1) is 17.7. The predicted octanol–water partition coefficient (Wildman–Crippen LogP) is 7.04. The largest absolute Gasteiger partial charge is 0.341 e. The van der Waals surface area contributed by atoms with E-state index in [-0.39, 0.29) is 0 Å². The number of nitrogens with zero attached hydrogens (tertiary/aromatic N) is 4. The minimum atomic E-state index is 0.924. The van der Waals surface area contributed by atoms with Gasteiger partial charge in [-0.15, -0.1) is 0 Å². The van der Waals surface area contributed by atoms with E-state index in [0.717, 1.165) is 35.2 Å². The number of hydrogen-bond acceptors (Lipinski definition) is 2. The second-order valence-corrected chi connectivity index (χ2v) is 8.40. The minimum absolute atomic E-state index is 0.924. The molecule has 3 aromatic heterocycles. The van der Waals surface area contributed by atoms with E-state index >= 15 is 0 Å². The molecule has 0 unspecified atom stereocenters. The van der Waals surface area contributed by atoms with Crippen molar-refractivity contribution in [3.8, 4) is 0 Å².